The third-order valence-electron chi connectivity index (χ3n) is 2.33. The van der Waals surface area contributed by atoms with Crippen molar-refractivity contribution in [3.63, 3.8) is 0 Å². The fraction of sp³-hybridized carbons (Fsp3) is 0.417. The summed E-state index contributed by atoms with van der Waals surface area (Å²) in [6.07, 6.45) is 0.178. The second-order valence-electron chi connectivity index (χ2n) is 3.60. The highest BCUT2D eigenvalue weighted by Gasteiger charge is 2.03. The molecule has 0 fully saturated rings. The van der Waals surface area contributed by atoms with Gasteiger partial charge in [0.15, 0.2) is 0 Å². The summed E-state index contributed by atoms with van der Waals surface area (Å²) in [7, 11) is 1.68. The van der Waals surface area contributed by atoms with Crippen LogP contribution in [-0.4, -0.2) is 19.8 Å². The molecule has 0 saturated heterocycles. The van der Waals surface area contributed by atoms with Crippen molar-refractivity contribution in [2.24, 2.45) is 0 Å². The number of ether oxygens (including phenoxy) is 1. The highest BCUT2D eigenvalue weighted by Crippen LogP contribution is 2.17. The minimum atomic E-state index is 0.178. The monoisotopic (exact) mass is 238 g/mol. The van der Waals surface area contributed by atoms with Crippen LogP contribution in [0.25, 0.3) is 0 Å². The molecule has 0 radical (unpaired) electrons. The predicted octanol–water partition coefficient (Wildman–Crippen LogP) is 2.34. The Bertz CT molecular complexity index is 387. The van der Waals surface area contributed by atoms with Gasteiger partial charge in [-0.2, -0.15) is 5.26 Å². The van der Waals surface area contributed by atoms with E-state index >= 15 is 0 Å². The van der Waals surface area contributed by atoms with Crippen molar-refractivity contribution in [3.8, 4) is 6.07 Å². The molecule has 0 saturated carbocycles. The molecule has 0 aliphatic carbocycles. The van der Waals surface area contributed by atoms with Gasteiger partial charge in [-0.15, -0.1) is 0 Å². The molecule has 3 nitrogen and oxygen atoms in total. The summed E-state index contributed by atoms with van der Waals surface area (Å²) >= 11 is 6.03. The number of nitrogens with one attached hydrogen (secondary N) is 1. The third-order valence-corrected chi connectivity index (χ3v) is 2.68. The standard InChI is InChI=1S/C12H15ClN2O/c1-9(16-2)7-15-8-11-4-3-10(6-14)5-12(11)13/h3-5,9,15H,7-8H2,1-2H3. The van der Waals surface area contributed by atoms with Crippen LogP contribution in [0.2, 0.25) is 5.02 Å². The van der Waals surface area contributed by atoms with Crippen LogP contribution in [0.5, 0.6) is 0 Å². The summed E-state index contributed by atoms with van der Waals surface area (Å²) in [4.78, 5) is 0. The average molecular weight is 239 g/mol. The van der Waals surface area contributed by atoms with Gasteiger partial charge in [0.2, 0.25) is 0 Å². The van der Waals surface area contributed by atoms with Crippen LogP contribution in [0.3, 0.4) is 0 Å². The fourth-order valence-corrected chi connectivity index (χ4v) is 1.50. The Morgan fingerprint density at radius 3 is 2.88 bits per heavy atom. The molecule has 0 bridgehead atoms. The first-order chi connectivity index (χ1) is 7.67. The van der Waals surface area contributed by atoms with Gasteiger partial charge in [-0.1, -0.05) is 17.7 Å². The molecule has 4 heteroatoms. The molecule has 0 aromatic heterocycles. The van der Waals surface area contributed by atoms with Crippen molar-refractivity contribution >= 4 is 11.6 Å². The van der Waals surface area contributed by atoms with E-state index < -0.39 is 0 Å². The van der Waals surface area contributed by atoms with Crippen LogP contribution in [-0.2, 0) is 11.3 Å². The first kappa shape index (κ1) is 13.0. The first-order valence-electron chi connectivity index (χ1n) is 5.09. The number of nitriles is 1. The number of hydrogen-bond acceptors (Lipinski definition) is 3. The van der Waals surface area contributed by atoms with Crippen LogP contribution >= 0.6 is 11.6 Å². The summed E-state index contributed by atoms with van der Waals surface area (Å²) in [5, 5.41) is 12.6. The lowest BCUT2D eigenvalue weighted by Gasteiger charge is -2.11. The van der Waals surface area contributed by atoms with E-state index in [2.05, 4.69) is 11.4 Å². The van der Waals surface area contributed by atoms with Crippen LogP contribution in [0.4, 0.5) is 0 Å². The Kier molecular flexibility index (Phi) is 5.27. The highest BCUT2D eigenvalue weighted by molar-refractivity contribution is 6.31. The normalized spacial score (nSPS) is 12.1. The van der Waals surface area contributed by atoms with Crippen molar-refractivity contribution in [1.29, 1.82) is 5.26 Å². The van der Waals surface area contributed by atoms with Gasteiger partial charge in [0.05, 0.1) is 17.7 Å². The minimum absolute atomic E-state index is 0.178. The second-order valence-corrected chi connectivity index (χ2v) is 4.00. The number of nitrogens with zero attached hydrogens (tertiary/aromatic N) is 1. The van der Waals surface area contributed by atoms with E-state index in [4.69, 9.17) is 21.6 Å². The molecule has 86 valence electrons. The molecule has 1 aromatic rings. The Hall–Kier alpha value is -1.08. The smallest absolute Gasteiger partial charge is 0.0992 e. The molecule has 0 amide bonds. The highest BCUT2D eigenvalue weighted by atomic mass is 35.5. The van der Waals surface area contributed by atoms with Gasteiger partial charge in [0.1, 0.15) is 0 Å². The van der Waals surface area contributed by atoms with Crippen molar-refractivity contribution in [3.05, 3.63) is 34.3 Å². The lowest BCUT2D eigenvalue weighted by atomic mass is 10.1. The van der Waals surface area contributed by atoms with Gasteiger partial charge in [0.25, 0.3) is 0 Å². The van der Waals surface area contributed by atoms with Crippen LogP contribution < -0.4 is 5.32 Å². The first-order valence-corrected chi connectivity index (χ1v) is 5.47. The Morgan fingerprint density at radius 1 is 1.56 bits per heavy atom. The number of rotatable bonds is 5. The van der Waals surface area contributed by atoms with Crippen LogP contribution in [0.15, 0.2) is 18.2 Å². The van der Waals surface area contributed by atoms with E-state index in [0.717, 1.165) is 12.1 Å². The molecule has 0 aliphatic rings. The summed E-state index contributed by atoms with van der Waals surface area (Å²) in [5.41, 5.74) is 1.57. The molecule has 0 heterocycles. The Morgan fingerprint density at radius 2 is 2.31 bits per heavy atom. The largest absolute Gasteiger partial charge is 0.380 e. The molecule has 1 unspecified atom stereocenters. The molecule has 1 aromatic carbocycles. The number of benzene rings is 1. The van der Waals surface area contributed by atoms with E-state index in [1.165, 1.54) is 0 Å². The van der Waals surface area contributed by atoms with Gasteiger partial charge in [-0.25, -0.2) is 0 Å². The average Bonchev–Trinajstić information content (AvgIpc) is 2.30. The maximum Gasteiger partial charge on any atom is 0.0992 e. The number of halogens is 1. The van der Waals surface area contributed by atoms with Gasteiger partial charge < -0.3 is 10.1 Å². The molecule has 1 N–H and O–H groups in total. The van der Waals surface area contributed by atoms with Gasteiger partial charge in [0, 0.05) is 25.2 Å². The van der Waals surface area contributed by atoms with E-state index in [1.54, 1.807) is 19.2 Å². The molecule has 0 aliphatic heterocycles. The zero-order valence-corrected chi connectivity index (χ0v) is 10.2. The zero-order valence-electron chi connectivity index (χ0n) is 9.46. The Labute approximate surface area is 101 Å². The van der Waals surface area contributed by atoms with Crippen LogP contribution in [0.1, 0.15) is 18.1 Å². The van der Waals surface area contributed by atoms with Crippen LogP contribution in [0, 0.1) is 11.3 Å². The third kappa shape index (κ3) is 3.82. The lowest BCUT2D eigenvalue weighted by Crippen LogP contribution is -2.25. The van der Waals surface area contributed by atoms with Gasteiger partial charge in [-0.3, -0.25) is 0 Å². The fourth-order valence-electron chi connectivity index (χ4n) is 1.25. The van der Waals surface area contributed by atoms with Crippen molar-refractivity contribution in [2.75, 3.05) is 13.7 Å². The second kappa shape index (κ2) is 6.49. The summed E-state index contributed by atoms with van der Waals surface area (Å²) in [6.45, 7) is 3.44. The number of hydrogen-bond donors (Lipinski definition) is 1. The molecule has 1 atom stereocenters. The molecular weight excluding hydrogens is 224 g/mol. The SMILES string of the molecule is COC(C)CNCc1ccc(C#N)cc1Cl. The maximum atomic E-state index is 8.69. The van der Waals surface area contributed by atoms with Gasteiger partial charge in [-0.05, 0) is 24.6 Å². The van der Waals surface area contributed by atoms with E-state index in [0.29, 0.717) is 17.1 Å². The quantitative estimate of drug-likeness (QED) is 0.857. The number of methoxy groups -OCH3 is 1. The van der Waals surface area contributed by atoms with E-state index in [9.17, 15) is 0 Å². The minimum Gasteiger partial charge on any atom is -0.380 e. The molecule has 16 heavy (non-hydrogen) atoms. The topological polar surface area (TPSA) is 45.0 Å². The van der Waals surface area contributed by atoms with E-state index in [-0.39, 0.29) is 6.10 Å². The molecule has 1 rings (SSSR count). The molecule has 0 spiro atoms. The van der Waals surface area contributed by atoms with Crippen molar-refractivity contribution in [1.82, 2.24) is 5.32 Å². The van der Waals surface area contributed by atoms with Crippen molar-refractivity contribution in [2.45, 2.75) is 19.6 Å². The zero-order chi connectivity index (χ0) is 12.0. The summed E-state index contributed by atoms with van der Waals surface area (Å²) in [5.74, 6) is 0. The van der Waals surface area contributed by atoms with E-state index in [1.807, 2.05) is 13.0 Å². The van der Waals surface area contributed by atoms with Crippen molar-refractivity contribution < 1.29 is 4.74 Å². The molecular formula is C12H15ClN2O. The predicted molar refractivity (Wildman–Crippen MR) is 64.3 cm³/mol. The summed E-state index contributed by atoms with van der Waals surface area (Å²) < 4.78 is 5.12. The van der Waals surface area contributed by atoms with Gasteiger partial charge >= 0.3 is 0 Å². The lowest BCUT2D eigenvalue weighted by molar-refractivity contribution is 0.117. The maximum absolute atomic E-state index is 8.69. The Balaban J connectivity index is 2.52. The summed E-state index contributed by atoms with van der Waals surface area (Å²) in [6, 6.07) is 7.37.